The Labute approximate surface area is 145 Å². The van der Waals surface area contributed by atoms with Crippen molar-refractivity contribution in [3.05, 3.63) is 35.9 Å². The van der Waals surface area contributed by atoms with E-state index in [-0.39, 0.29) is 0 Å². The molecule has 0 unspecified atom stereocenters. The minimum Gasteiger partial charge on any atom is -0.377 e. The Kier molecular flexibility index (Phi) is 6.67. The van der Waals surface area contributed by atoms with Crippen molar-refractivity contribution in [3.63, 3.8) is 0 Å². The quantitative estimate of drug-likeness (QED) is 0.832. The lowest BCUT2D eigenvalue weighted by molar-refractivity contribution is -0.131. The zero-order chi connectivity index (χ0) is 16.6. The van der Waals surface area contributed by atoms with Crippen LogP contribution in [0.3, 0.4) is 0 Å². The zero-order valence-corrected chi connectivity index (χ0v) is 14.7. The second-order valence-electron chi connectivity index (χ2n) is 7.01. The number of carbonyl (C=O) groups excluding carboxylic acids is 1. The van der Waals surface area contributed by atoms with Crippen molar-refractivity contribution in [1.29, 1.82) is 0 Å². The Balaban J connectivity index is 1.41. The van der Waals surface area contributed by atoms with E-state index in [0.29, 0.717) is 18.4 Å². The van der Waals surface area contributed by atoms with Crippen LogP contribution in [0, 0.1) is 0 Å². The lowest BCUT2D eigenvalue weighted by atomic mass is 10.1. The summed E-state index contributed by atoms with van der Waals surface area (Å²) in [5, 5.41) is 0. The number of amides is 1. The second-order valence-corrected chi connectivity index (χ2v) is 7.01. The second kappa shape index (κ2) is 9.19. The predicted octanol–water partition coefficient (Wildman–Crippen LogP) is 2.72. The van der Waals surface area contributed by atoms with E-state index < -0.39 is 0 Å². The van der Waals surface area contributed by atoms with E-state index >= 15 is 0 Å². The normalized spacial score (nSPS) is 23.0. The third kappa shape index (κ3) is 5.32. The van der Waals surface area contributed by atoms with Gasteiger partial charge in [-0.2, -0.15) is 0 Å². The zero-order valence-electron chi connectivity index (χ0n) is 14.7. The highest BCUT2D eigenvalue weighted by molar-refractivity contribution is 5.76. The average Bonchev–Trinajstić information content (AvgIpc) is 2.87. The summed E-state index contributed by atoms with van der Waals surface area (Å²) in [7, 11) is 0. The van der Waals surface area contributed by atoms with Crippen LogP contribution in [0.4, 0.5) is 0 Å². The topological polar surface area (TPSA) is 32.8 Å². The van der Waals surface area contributed by atoms with E-state index in [0.717, 1.165) is 52.2 Å². The van der Waals surface area contributed by atoms with E-state index in [4.69, 9.17) is 4.74 Å². The molecule has 2 saturated heterocycles. The van der Waals surface area contributed by atoms with E-state index in [1.807, 2.05) is 18.2 Å². The van der Waals surface area contributed by atoms with Crippen LogP contribution in [0.15, 0.2) is 30.3 Å². The van der Waals surface area contributed by atoms with E-state index in [9.17, 15) is 4.79 Å². The molecule has 0 aromatic heterocycles. The molecule has 2 heterocycles. The molecule has 0 bridgehead atoms. The number of aryl methyl sites for hydroxylation is 1. The molecule has 0 spiro atoms. The van der Waals surface area contributed by atoms with Gasteiger partial charge >= 0.3 is 0 Å². The van der Waals surface area contributed by atoms with Crippen LogP contribution in [0.1, 0.15) is 37.7 Å². The summed E-state index contributed by atoms with van der Waals surface area (Å²) in [5.74, 6) is 0.301. The van der Waals surface area contributed by atoms with Crippen molar-refractivity contribution in [2.45, 2.75) is 44.6 Å². The molecule has 0 N–H and O–H groups in total. The van der Waals surface area contributed by atoms with Crippen LogP contribution >= 0.6 is 0 Å². The van der Waals surface area contributed by atoms with E-state index in [2.05, 4.69) is 21.9 Å². The average molecular weight is 330 g/mol. The largest absolute Gasteiger partial charge is 0.377 e. The van der Waals surface area contributed by atoms with Gasteiger partial charge in [-0.05, 0) is 44.2 Å². The van der Waals surface area contributed by atoms with Crippen molar-refractivity contribution in [3.8, 4) is 0 Å². The van der Waals surface area contributed by atoms with Gasteiger partial charge in [0.2, 0.25) is 5.91 Å². The number of carbonyl (C=O) groups is 1. The van der Waals surface area contributed by atoms with Gasteiger partial charge in [0.15, 0.2) is 0 Å². The molecule has 4 nitrogen and oxygen atoms in total. The molecular formula is C20H30N2O2. The summed E-state index contributed by atoms with van der Waals surface area (Å²) in [6, 6.07) is 10.3. The molecule has 0 aliphatic carbocycles. The lowest BCUT2D eigenvalue weighted by Gasteiger charge is -2.29. The van der Waals surface area contributed by atoms with Crippen LogP contribution in [0.2, 0.25) is 0 Å². The SMILES string of the molecule is O=C(CCc1ccccc1)N1CCCN(C[C@H]2CCCCO2)CC1. The fourth-order valence-corrected chi connectivity index (χ4v) is 3.70. The fourth-order valence-electron chi connectivity index (χ4n) is 3.70. The number of benzene rings is 1. The molecule has 2 aliphatic rings. The van der Waals surface area contributed by atoms with Crippen LogP contribution in [-0.2, 0) is 16.0 Å². The number of rotatable bonds is 5. The maximum Gasteiger partial charge on any atom is 0.222 e. The molecule has 2 fully saturated rings. The maximum absolute atomic E-state index is 12.5. The van der Waals surface area contributed by atoms with Crippen molar-refractivity contribution in [1.82, 2.24) is 9.80 Å². The summed E-state index contributed by atoms with van der Waals surface area (Å²) in [5.41, 5.74) is 1.25. The van der Waals surface area contributed by atoms with Gasteiger partial charge in [-0.25, -0.2) is 0 Å². The Morgan fingerprint density at radius 1 is 1.04 bits per heavy atom. The Bertz CT molecular complexity index is 500. The van der Waals surface area contributed by atoms with Gasteiger partial charge in [0.1, 0.15) is 0 Å². The monoisotopic (exact) mass is 330 g/mol. The lowest BCUT2D eigenvalue weighted by Crippen LogP contribution is -2.39. The first kappa shape index (κ1) is 17.4. The van der Waals surface area contributed by atoms with Gasteiger partial charge in [-0.15, -0.1) is 0 Å². The Morgan fingerprint density at radius 2 is 1.92 bits per heavy atom. The highest BCUT2D eigenvalue weighted by Crippen LogP contribution is 2.15. The highest BCUT2D eigenvalue weighted by atomic mass is 16.5. The first-order valence-electron chi connectivity index (χ1n) is 9.47. The van der Waals surface area contributed by atoms with Crippen LogP contribution in [0.5, 0.6) is 0 Å². The molecule has 1 aromatic carbocycles. The first-order valence-corrected chi connectivity index (χ1v) is 9.47. The molecule has 3 rings (SSSR count). The summed E-state index contributed by atoms with van der Waals surface area (Å²) < 4.78 is 5.86. The Morgan fingerprint density at radius 3 is 2.71 bits per heavy atom. The highest BCUT2D eigenvalue weighted by Gasteiger charge is 2.22. The first-order chi connectivity index (χ1) is 11.8. The number of nitrogens with zero attached hydrogens (tertiary/aromatic N) is 2. The van der Waals surface area contributed by atoms with E-state index in [1.165, 1.54) is 24.8 Å². The van der Waals surface area contributed by atoms with Crippen molar-refractivity contribution in [2.75, 3.05) is 39.3 Å². The number of hydrogen-bond donors (Lipinski definition) is 0. The van der Waals surface area contributed by atoms with Gasteiger partial charge in [-0.3, -0.25) is 9.69 Å². The predicted molar refractivity (Wildman–Crippen MR) is 96.0 cm³/mol. The smallest absolute Gasteiger partial charge is 0.222 e. The van der Waals surface area contributed by atoms with Gasteiger partial charge in [-0.1, -0.05) is 30.3 Å². The number of hydrogen-bond acceptors (Lipinski definition) is 3. The summed E-state index contributed by atoms with van der Waals surface area (Å²) in [4.78, 5) is 17.1. The molecule has 24 heavy (non-hydrogen) atoms. The van der Waals surface area contributed by atoms with Gasteiger partial charge in [0.25, 0.3) is 0 Å². The van der Waals surface area contributed by atoms with Crippen molar-refractivity contribution < 1.29 is 9.53 Å². The standard InChI is InChI=1S/C20H30N2O2/c23-20(11-10-18-7-2-1-3-8-18)22-13-6-12-21(14-15-22)17-19-9-4-5-16-24-19/h1-3,7-8,19H,4-6,9-17H2/t19-/m1/s1. The summed E-state index contributed by atoms with van der Waals surface area (Å²) in [6.07, 6.45) is 6.63. The minimum atomic E-state index is 0.301. The molecule has 1 amide bonds. The molecule has 0 saturated carbocycles. The van der Waals surface area contributed by atoms with Crippen LogP contribution in [0.25, 0.3) is 0 Å². The molecular weight excluding hydrogens is 300 g/mol. The molecule has 0 radical (unpaired) electrons. The van der Waals surface area contributed by atoms with Crippen LogP contribution in [-0.4, -0.2) is 61.1 Å². The van der Waals surface area contributed by atoms with Gasteiger partial charge in [0.05, 0.1) is 6.10 Å². The minimum absolute atomic E-state index is 0.301. The van der Waals surface area contributed by atoms with Crippen molar-refractivity contribution >= 4 is 5.91 Å². The maximum atomic E-state index is 12.5. The third-order valence-corrected chi connectivity index (χ3v) is 5.15. The fraction of sp³-hybridized carbons (Fsp3) is 0.650. The third-order valence-electron chi connectivity index (χ3n) is 5.15. The molecule has 132 valence electrons. The summed E-state index contributed by atoms with van der Waals surface area (Å²) in [6.45, 7) is 5.78. The number of ether oxygens (including phenoxy) is 1. The van der Waals surface area contributed by atoms with Gasteiger partial charge in [0, 0.05) is 39.2 Å². The van der Waals surface area contributed by atoms with Crippen LogP contribution < -0.4 is 0 Å². The van der Waals surface area contributed by atoms with Crippen molar-refractivity contribution in [2.24, 2.45) is 0 Å². The molecule has 4 heteroatoms. The molecule has 2 aliphatic heterocycles. The molecule has 1 atom stereocenters. The Hall–Kier alpha value is -1.39. The van der Waals surface area contributed by atoms with Gasteiger partial charge < -0.3 is 9.64 Å². The van der Waals surface area contributed by atoms with E-state index in [1.54, 1.807) is 0 Å². The molecule has 1 aromatic rings. The summed E-state index contributed by atoms with van der Waals surface area (Å²) >= 11 is 0.